The molecule has 0 fully saturated rings. The Balaban J connectivity index is 2.14. The summed E-state index contributed by atoms with van der Waals surface area (Å²) in [7, 11) is 0. The summed E-state index contributed by atoms with van der Waals surface area (Å²) in [5, 5.41) is 11.8. The van der Waals surface area contributed by atoms with Gasteiger partial charge in [-0.25, -0.2) is 0 Å². The zero-order chi connectivity index (χ0) is 14.1. The van der Waals surface area contributed by atoms with Crippen molar-refractivity contribution in [3.8, 4) is 0 Å². The van der Waals surface area contributed by atoms with Gasteiger partial charge in [0.25, 0.3) is 0 Å². The maximum absolute atomic E-state index is 11.7. The Bertz CT molecular complexity index is 381. The number of aliphatic hydroxyl groups is 1. The summed E-state index contributed by atoms with van der Waals surface area (Å²) in [4.78, 5) is 13.0. The molecule has 0 aliphatic carbocycles. The molecule has 1 rings (SSSR count). The van der Waals surface area contributed by atoms with Gasteiger partial charge in [0.2, 0.25) is 5.91 Å². The van der Waals surface area contributed by atoms with Gasteiger partial charge >= 0.3 is 0 Å². The van der Waals surface area contributed by atoms with Crippen LogP contribution in [0.15, 0.2) is 15.9 Å². The van der Waals surface area contributed by atoms with Gasteiger partial charge in [-0.2, -0.15) is 0 Å². The number of halogens is 1. The van der Waals surface area contributed by atoms with E-state index in [2.05, 4.69) is 34.2 Å². The minimum Gasteiger partial charge on any atom is -0.396 e. The lowest BCUT2D eigenvalue weighted by Crippen LogP contribution is -2.29. The van der Waals surface area contributed by atoms with Gasteiger partial charge < -0.3 is 10.4 Å². The second-order valence-electron chi connectivity index (χ2n) is 4.65. The average molecular weight is 348 g/mol. The van der Waals surface area contributed by atoms with Gasteiger partial charge in [0.15, 0.2) is 0 Å². The third-order valence-electron chi connectivity index (χ3n) is 3.16. The van der Waals surface area contributed by atoms with Crippen LogP contribution >= 0.6 is 27.3 Å². The molecule has 0 aliphatic heterocycles. The van der Waals surface area contributed by atoms with E-state index in [1.54, 1.807) is 11.3 Å². The number of aryl methyl sites for hydroxylation is 1. The first-order valence-electron chi connectivity index (χ1n) is 6.77. The van der Waals surface area contributed by atoms with Crippen LogP contribution in [0.4, 0.5) is 0 Å². The van der Waals surface area contributed by atoms with Crippen LogP contribution in [0.25, 0.3) is 0 Å². The molecule has 5 heteroatoms. The molecule has 0 aromatic carbocycles. The van der Waals surface area contributed by atoms with Gasteiger partial charge in [0.1, 0.15) is 0 Å². The van der Waals surface area contributed by atoms with E-state index in [0.29, 0.717) is 18.9 Å². The van der Waals surface area contributed by atoms with Crippen molar-refractivity contribution >= 4 is 33.2 Å². The summed E-state index contributed by atoms with van der Waals surface area (Å²) in [6.07, 6.45) is 4.17. The van der Waals surface area contributed by atoms with Crippen molar-refractivity contribution in [3.05, 3.63) is 20.8 Å². The summed E-state index contributed by atoms with van der Waals surface area (Å²) in [6, 6.07) is 4.14. The Kier molecular flexibility index (Phi) is 8.34. The van der Waals surface area contributed by atoms with Gasteiger partial charge in [-0.05, 0) is 53.2 Å². The second kappa shape index (κ2) is 9.50. The number of hydrogen-bond donors (Lipinski definition) is 2. The maximum atomic E-state index is 11.7. The molecule has 1 amide bonds. The molecule has 1 heterocycles. The van der Waals surface area contributed by atoms with E-state index in [-0.39, 0.29) is 12.5 Å². The molecular weight excluding hydrogens is 326 g/mol. The lowest BCUT2D eigenvalue weighted by Gasteiger charge is -2.14. The number of thiophene rings is 1. The number of amides is 1. The van der Waals surface area contributed by atoms with E-state index in [0.717, 1.165) is 29.5 Å². The van der Waals surface area contributed by atoms with E-state index in [1.807, 2.05) is 6.07 Å². The molecule has 0 radical (unpaired) electrons. The predicted octanol–water partition coefficient (Wildman–Crippen LogP) is 3.36. The first-order chi connectivity index (χ1) is 9.15. The van der Waals surface area contributed by atoms with Crippen molar-refractivity contribution in [2.75, 3.05) is 13.2 Å². The van der Waals surface area contributed by atoms with Crippen molar-refractivity contribution in [1.82, 2.24) is 5.32 Å². The van der Waals surface area contributed by atoms with Crippen molar-refractivity contribution < 1.29 is 9.90 Å². The fourth-order valence-corrected chi connectivity index (χ4v) is 3.41. The summed E-state index contributed by atoms with van der Waals surface area (Å²) < 4.78 is 1.14. The van der Waals surface area contributed by atoms with E-state index < -0.39 is 0 Å². The van der Waals surface area contributed by atoms with E-state index in [9.17, 15) is 4.79 Å². The SMILES string of the molecule is CCC(CCO)CNC(=O)CCCc1ccc(Br)s1. The quantitative estimate of drug-likeness (QED) is 0.719. The largest absolute Gasteiger partial charge is 0.396 e. The Morgan fingerprint density at radius 3 is 2.89 bits per heavy atom. The molecule has 2 N–H and O–H groups in total. The van der Waals surface area contributed by atoms with Gasteiger partial charge in [-0.3, -0.25) is 4.79 Å². The Hall–Kier alpha value is -0.390. The monoisotopic (exact) mass is 347 g/mol. The molecular formula is C14H22BrNO2S. The number of rotatable bonds is 9. The molecule has 1 aromatic rings. The van der Waals surface area contributed by atoms with Crippen molar-refractivity contribution in [2.24, 2.45) is 5.92 Å². The van der Waals surface area contributed by atoms with Crippen LogP contribution in [-0.2, 0) is 11.2 Å². The molecule has 108 valence electrons. The molecule has 3 nitrogen and oxygen atoms in total. The Morgan fingerprint density at radius 2 is 2.32 bits per heavy atom. The molecule has 0 saturated carbocycles. The number of carbonyl (C=O) groups is 1. The average Bonchev–Trinajstić information content (AvgIpc) is 2.80. The van der Waals surface area contributed by atoms with E-state index in [1.165, 1.54) is 4.88 Å². The molecule has 0 bridgehead atoms. The third kappa shape index (κ3) is 7.09. The van der Waals surface area contributed by atoms with Crippen molar-refractivity contribution in [3.63, 3.8) is 0 Å². The highest BCUT2D eigenvalue weighted by molar-refractivity contribution is 9.11. The fraction of sp³-hybridized carbons (Fsp3) is 0.643. The standard InChI is InChI=1S/C14H22BrNO2S/c1-2-11(8-9-17)10-16-14(18)5-3-4-12-6-7-13(15)19-12/h6-7,11,17H,2-5,8-10H2,1H3,(H,16,18). The number of carbonyl (C=O) groups excluding carboxylic acids is 1. The zero-order valence-corrected chi connectivity index (χ0v) is 13.7. The van der Waals surface area contributed by atoms with Gasteiger partial charge in [-0.1, -0.05) is 13.3 Å². The smallest absolute Gasteiger partial charge is 0.220 e. The summed E-state index contributed by atoms with van der Waals surface area (Å²) in [5.41, 5.74) is 0. The summed E-state index contributed by atoms with van der Waals surface area (Å²) >= 11 is 5.16. The Labute approximate surface area is 127 Å². The van der Waals surface area contributed by atoms with Crippen LogP contribution in [0.3, 0.4) is 0 Å². The van der Waals surface area contributed by atoms with Crippen LogP contribution in [0, 0.1) is 5.92 Å². The topological polar surface area (TPSA) is 49.3 Å². The van der Waals surface area contributed by atoms with Crippen LogP contribution in [-0.4, -0.2) is 24.2 Å². The predicted molar refractivity (Wildman–Crippen MR) is 83.5 cm³/mol. The molecule has 0 spiro atoms. The van der Waals surface area contributed by atoms with Crippen LogP contribution in [0.5, 0.6) is 0 Å². The highest BCUT2D eigenvalue weighted by Gasteiger charge is 2.08. The lowest BCUT2D eigenvalue weighted by molar-refractivity contribution is -0.121. The number of hydrogen-bond acceptors (Lipinski definition) is 3. The van der Waals surface area contributed by atoms with Crippen LogP contribution < -0.4 is 5.32 Å². The molecule has 1 unspecified atom stereocenters. The van der Waals surface area contributed by atoms with Crippen molar-refractivity contribution in [1.29, 1.82) is 0 Å². The zero-order valence-electron chi connectivity index (χ0n) is 11.3. The first kappa shape index (κ1) is 16.7. The highest BCUT2D eigenvalue weighted by Crippen LogP contribution is 2.23. The first-order valence-corrected chi connectivity index (χ1v) is 8.38. The van der Waals surface area contributed by atoms with Gasteiger partial charge in [-0.15, -0.1) is 11.3 Å². The van der Waals surface area contributed by atoms with Gasteiger partial charge in [0, 0.05) is 24.4 Å². The van der Waals surface area contributed by atoms with Crippen LogP contribution in [0.2, 0.25) is 0 Å². The molecule has 0 aliphatic rings. The minimum absolute atomic E-state index is 0.118. The van der Waals surface area contributed by atoms with Gasteiger partial charge in [0.05, 0.1) is 3.79 Å². The second-order valence-corrected chi connectivity index (χ2v) is 7.20. The number of nitrogens with one attached hydrogen (secondary N) is 1. The van der Waals surface area contributed by atoms with Crippen molar-refractivity contribution in [2.45, 2.75) is 39.0 Å². The summed E-state index contributed by atoms with van der Waals surface area (Å²) in [6.45, 7) is 2.96. The lowest BCUT2D eigenvalue weighted by atomic mass is 10.0. The molecule has 0 saturated heterocycles. The third-order valence-corrected chi connectivity index (χ3v) is 4.84. The van der Waals surface area contributed by atoms with E-state index >= 15 is 0 Å². The Morgan fingerprint density at radius 1 is 1.53 bits per heavy atom. The molecule has 1 aromatic heterocycles. The molecule has 1 atom stereocenters. The minimum atomic E-state index is 0.118. The number of aliphatic hydroxyl groups excluding tert-OH is 1. The van der Waals surface area contributed by atoms with Crippen LogP contribution in [0.1, 0.15) is 37.5 Å². The normalized spacial score (nSPS) is 12.4. The highest BCUT2D eigenvalue weighted by atomic mass is 79.9. The maximum Gasteiger partial charge on any atom is 0.220 e. The summed E-state index contributed by atoms with van der Waals surface area (Å²) in [5.74, 6) is 0.509. The fourth-order valence-electron chi connectivity index (χ4n) is 1.89. The molecule has 19 heavy (non-hydrogen) atoms. The van der Waals surface area contributed by atoms with E-state index in [4.69, 9.17) is 5.11 Å².